The van der Waals surface area contributed by atoms with Crippen LogP contribution in [0.1, 0.15) is 93.2 Å². The lowest BCUT2D eigenvalue weighted by Gasteiger charge is -2.33. The molecule has 1 heterocycles. The average Bonchev–Trinajstić information content (AvgIpc) is 2.91. The molecule has 1 aliphatic heterocycles. The van der Waals surface area contributed by atoms with Gasteiger partial charge in [0.15, 0.2) is 0 Å². The van der Waals surface area contributed by atoms with Crippen molar-refractivity contribution in [1.29, 1.82) is 0 Å². The van der Waals surface area contributed by atoms with Crippen LogP contribution in [0.2, 0.25) is 0 Å². The van der Waals surface area contributed by atoms with Crippen molar-refractivity contribution in [3.63, 3.8) is 0 Å². The molecule has 2 aromatic rings. The number of nitrogens with one attached hydrogen (secondary N) is 1. The Kier molecular flexibility index (Phi) is 12.5. The Bertz CT molecular complexity index is 880. The molecule has 4 N–H and O–H groups in total. The third kappa shape index (κ3) is 9.02. The van der Waals surface area contributed by atoms with Gasteiger partial charge in [0.2, 0.25) is 5.91 Å². The van der Waals surface area contributed by atoms with Gasteiger partial charge in [-0.05, 0) is 81.4 Å². The molecule has 0 spiro atoms. The minimum Gasteiger partial charge on any atom is -0.395 e. The fraction of sp³-hybridized carbons (Fsp3) is 0.581. The predicted molar refractivity (Wildman–Crippen MR) is 149 cm³/mol. The van der Waals surface area contributed by atoms with Crippen molar-refractivity contribution >= 4 is 5.91 Å². The third-order valence-electron chi connectivity index (χ3n) is 7.67. The number of piperidine rings is 1. The van der Waals surface area contributed by atoms with Crippen LogP contribution in [0.3, 0.4) is 0 Å². The Labute approximate surface area is 218 Å². The molecule has 0 aromatic heterocycles. The summed E-state index contributed by atoms with van der Waals surface area (Å²) in [4.78, 5) is 15.1. The molecule has 198 valence electrons. The quantitative estimate of drug-likeness (QED) is 0.281. The van der Waals surface area contributed by atoms with E-state index in [2.05, 4.69) is 28.4 Å². The van der Waals surface area contributed by atoms with Crippen LogP contribution in [-0.4, -0.2) is 54.7 Å². The van der Waals surface area contributed by atoms with Crippen molar-refractivity contribution in [2.45, 2.75) is 82.6 Å². The number of rotatable bonds is 16. The fourth-order valence-electron chi connectivity index (χ4n) is 5.51. The highest BCUT2D eigenvalue weighted by Crippen LogP contribution is 2.36. The van der Waals surface area contributed by atoms with E-state index in [1.165, 1.54) is 57.1 Å². The molecule has 0 bridgehead atoms. The van der Waals surface area contributed by atoms with E-state index in [-0.39, 0.29) is 24.5 Å². The van der Waals surface area contributed by atoms with E-state index in [0.29, 0.717) is 5.92 Å². The van der Waals surface area contributed by atoms with Crippen molar-refractivity contribution in [3.05, 3.63) is 71.3 Å². The highest BCUT2D eigenvalue weighted by Gasteiger charge is 2.28. The Hall–Kier alpha value is -2.21. The molecule has 5 nitrogen and oxygen atoms in total. The van der Waals surface area contributed by atoms with Crippen LogP contribution < -0.4 is 11.1 Å². The van der Waals surface area contributed by atoms with Crippen molar-refractivity contribution in [2.75, 3.05) is 32.8 Å². The molecule has 1 aliphatic rings. The number of hydrogen-bond donors (Lipinski definition) is 3. The predicted octanol–water partition coefficient (Wildman–Crippen LogP) is 5.18. The van der Waals surface area contributed by atoms with Gasteiger partial charge < -0.3 is 21.1 Å². The van der Waals surface area contributed by atoms with Gasteiger partial charge in [-0.15, -0.1) is 0 Å². The summed E-state index contributed by atoms with van der Waals surface area (Å²) in [6.07, 6.45) is 11.3. The molecular formula is C31H47N3O2. The largest absolute Gasteiger partial charge is 0.395 e. The first kappa shape index (κ1) is 28.4. The Balaban J connectivity index is 1.37. The molecule has 36 heavy (non-hydrogen) atoms. The summed E-state index contributed by atoms with van der Waals surface area (Å²) in [6.45, 7) is 6.71. The number of nitrogens with zero attached hydrogens (tertiary/aromatic N) is 1. The van der Waals surface area contributed by atoms with Gasteiger partial charge in [0, 0.05) is 6.04 Å². The number of carbonyl (C=O) groups is 1. The molecule has 0 saturated carbocycles. The second-order valence-corrected chi connectivity index (χ2v) is 10.5. The minimum absolute atomic E-state index is 0.214. The maximum absolute atomic E-state index is 12.5. The molecule has 0 aliphatic carbocycles. The minimum atomic E-state index is -0.388. The van der Waals surface area contributed by atoms with E-state index >= 15 is 0 Å². The van der Waals surface area contributed by atoms with Gasteiger partial charge in [0.1, 0.15) is 0 Å². The van der Waals surface area contributed by atoms with E-state index in [1.807, 2.05) is 43.3 Å². The molecule has 1 amide bonds. The zero-order valence-corrected chi connectivity index (χ0v) is 22.2. The molecule has 2 unspecified atom stereocenters. The monoisotopic (exact) mass is 493 g/mol. The van der Waals surface area contributed by atoms with Crippen LogP contribution in [0.25, 0.3) is 0 Å². The van der Waals surface area contributed by atoms with E-state index in [9.17, 15) is 4.79 Å². The number of primary amides is 1. The number of aliphatic hydroxyl groups is 1. The van der Waals surface area contributed by atoms with Gasteiger partial charge in [-0.25, -0.2) is 0 Å². The summed E-state index contributed by atoms with van der Waals surface area (Å²) in [5.74, 6) is -0.183. The molecule has 5 heteroatoms. The van der Waals surface area contributed by atoms with Gasteiger partial charge in [-0.1, -0.05) is 86.7 Å². The lowest BCUT2D eigenvalue weighted by molar-refractivity contribution is -0.118. The molecule has 0 radical (unpaired) electrons. The van der Waals surface area contributed by atoms with E-state index in [0.717, 1.165) is 43.6 Å². The third-order valence-corrected chi connectivity index (χ3v) is 7.67. The Morgan fingerprint density at radius 2 is 1.56 bits per heavy atom. The average molecular weight is 494 g/mol. The lowest BCUT2D eigenvalue weighted by atomic mass is 9.80. The van der Waals surface area contributed by atoms with Crippen LogP contribution >= 0.6 is 0 Å². The summed E-state index contributed by atoms with van der Waals surface area (Å²) in [7, 11) is 0. The first-order chi connectivity index (χ1) is 17.6. The van der Waals surface area contributed by atoms with Crippen molar-refractivity contribution in [2.24, 2.45) is 5.73 Å². The molecule has 2 aromatic carbocycles. The van der Waals surface area contributed by atoms with Gasteiger partial charge >= 0.3 is 0 Å². The fourth-order valence-corrected chi connectivity index (χ4v) is 5.51. The second-order valence-electron chi connectivity index (χ2n) is 10.5. The molecular weight excluding hydrogens is 446 g/mol. The van der Waals surface area contributed by atoms with Gasteiger partial charge in [0.05, 0.1) is 12.5 Å². The highest BCUT2D eigenvalue weighted by atomic mass is 16.3. The van der Waals surface area contributed by atoms with Crippen molar-refractivity contribution in [1.82, 2.24) is 10.2 Å². The highest BCUT2D eigenvalue weighted by molar-refractivity contribution is 5.86. The van der Waals surface area contributed by atoms with Gasteiger partial charge in [-0.2, -0.15) is 0 Å². The smallest absolute Gasteiger partial charge is 0.229 e. The van der Waals surface area contributed by atoms with Crippen LogP contribution in [0.5, 0.6) is 0 Å². The SMILES string of the molecule is CC(CO)NCCCCCCCCCN1CCC(c2ccccc2C(C(N)=O)c2ccccc2)CC1. The zero-order valence-electron chi connectivity index (χ0n) is 22.2. The van der Waals surface area contributed by atoms with E-state index in [4.69, 9.17) is 10.8 Å². The molecule has 1 saturated heterocycles. The number of unbranched alkanes of at least 4 members (excludes halogenated alkanes) is 6. The number of benzene rings is 2. The Morgan fingerprint density at radius 3 is 2.22 bits per heavy atom. The lowest BCUT2D eigenvalue weighted by Crippen LogP contribution is -2.34. The normalized spacial score (nSPS) is 16.6. The number of aliphatic hydroxyl groups excluding tert-OH is 1. The van der Waals surface area contributed by atoms with Crippen molar-refractivity contribution in [3.8, 4) is 0 Å². The van der Waals surface area contributed by atoms with Crippen LogP contribution in [0.15, 0.2) is 54.6 Å². The topological polar surface area (TPSA) is 78.6 Å². The van der Waals surface area contributed by atoms with Crippen LogP contribution in [0, 0.1) is 0 Å². The summed E-state index contributed by atoms with van der Waals surface area (Å²) in [6, 6.07) is 18.6. The molecule has 2 atom stereocenters. The van der Waals surface area contributed by atoms with E-state index in [1.54, 1.807) is 0 Å². The Morgan fingerprint density at radius 1 is 0.944 bits per heavy atom. The first-order valence-corrected chi connectivity index (χ1v) is 14.1. The summed E-state index contributed by atoms with van der Waals surface area (Å²) >= 11 is 0. The van der Waals surface area contributed by atoms with Crippen molar-refractivity contribution < 1.29 is 9.90 Å². The second kappa shape index (κ2) is 15.8. The first-order valence-electron chi connectivity index (χ1n) is 14.1. The summed E-state index contributed by atoms with van der Waals surface area (Å²) in [5.41, 5.74) is 9.25. The molecule has 1 fully saturated rings. The number of amides is 1. The standard InChI is InChI=1S/C31H47N3O2/c1-25(24-35)33-20-12-5-3-2-4-6-13-21-34-22-18-26(19-23-34)28-16-10-11-17-29(28)30(31(32)36)27-14-8-7-9-15-27/h7-11,14-17,25-26,30,33,35H,2-6,12-13,18-24H2,1H3,(H2,32,36). The summed E-state index contributed by atoms with van der Waals surface area (Å²) in [5, 5.41) is 12.4. The maximum atomic E-state index is 12.5. The zero-order chi connectivity index (χ0) is 25.6. The number of likely N-dealkylation sites (tertiary alicyclic amines) is 1. The van der Waals surface area contributed by atoms with E-state index < -0.39 is 0 Å². The van der Waals surface area contributed by atoms with Gasteiger partial charge in [-0.3, -0.25) is 4.79 Å². The molecule has 3 rings (SSSR count). The number of nitrogens with two attached hydrogens (primary N) is 1. The van der Waals surface area contributed by atoms with Crippen LogP contribution in [-0.2, 0) is 4.79 Å². The number of hydrogen-bond acceptors (Lipinski definition) is 4. The van der Waals surface area contributed by atoms with Gasteiger partial charge in [0.25, 0.3) is 0 Å². The summed E-state index contributed by atoms with van der Waals surface area (Å²) < 4.78 is 0. The van der Waals surface area contributed by atoms with Crippen LogP contribution in [0.4, 0.5) is 0 Å². The maximum Gasteiger partial charge on any atom is 0.229 e. The number of carbonyl (C=O) groups excluding carboxylic acids is 1.